The summed E-state index contributed by atoms with van der Waals surface area (Å²) in [5.74, 6) is 0. The fraction of sp³-hybridized carbons (Fsp3) is 1.00. The molecule has 5 atom stereocenters. The predicted molar refractivity (Wildman–Crippen MR) is 61.6 cm³/mol. The second kappa shape index (κ2) is 5.70. The zero-order valence-electron chi connectivity index (χ0n) is 9.74. The number of hydrogen-bond acceptors (Lipinski definition) is 7. The summed E-state index contributed by atoms with van der Waals surface area (Å²) in [6, 6.07) is 0. The van der Waals surface area contributed by atoms with Crippen LogP contribution in [0.25, 0.3) is 0 Å². The molecule has 0 aromatic heterocycles. The lowest BCUT2D eigenvalue weighted by Crippen LogP contribution is -2.33. The molecule has 106 valence electrons. The van der Waals surface area contributed by atoms with Gasteiger partial charge in [-0.3, -0.25) is 4.57 Å². The van der Waals surface area contributed by atoms with E-state index in [9.17, 15) is 19.3 Å². The lowest BCUT2D eigenvalue weighted by molar-refractivity contribution is -0.0120. The standard InChI is InChI=1S/C6H15BO9P2/c1-3-5(8)6(9)4(15-3)2-14-17(7,10)16-18(11,12)13/h3-6,8-9H,2,7H2,1H3,(H2,11,12,13)/t3-,4+,5-,6+,17?/m0/s1. The molecule has 0 saturated carbocycles. The molecule has 1 heterocycles. The summed E-state index contributed by atoms with van der Waals surface area (Å²) in [4.78, 5) is 17.0. The van der Waals surface area contributed by atoms with Gasteiger partial charge in [-0.05, 0) is 6.92 Å². The van der Waals surface area contributed by atoms with Crippen LogP contribution >= 0.6 is 15.3 Å². The van der Waals surface area contributed by atoms with Gasteiger partial charge in [0.05, 0.1) is 12.7 Å². The average molecular weight is 304 g/mol. The molecule has 1 unspecified atom stereocenters. The minimum atomic E-state index is -4.93. The zero-order valence-corrected chi connectivity index (χ0v) is 11.5. The van der Waals surface area contributed by atoms with Crippen LogP contribution in [-0.4, -0.2) is 58.6 Å². The number of hydrogen-bond donors (Lipinski definition) is 4. The first kappa shape index (κ1) is 16.3. The molecule has 1 aliphatic rings. The Morgan fingerprint density at radius 3 is 2.22 bits per heavy atom. The van der Waals surface area contributed by atoms with Crippen LogP contribution in [0, 0.1) is 0 Å². The first-order valence-electron chi connectivity index (χ1n) is 5.02. The van der Waals surface area contributed by atoms with Crippen LogP contribution in [0.15, 0.2) is 0 Å². The third-order valence-corrected chi connectivity index (χ3v) is 4.98. The van der Waals surface area contributed by atoms with E-state index >= 15 is 0 Å². The Bertz CT molecular complexity index is 383. The van der Waals surface area contributed by atoms with Gasteiger partial charge in [0, 0.05) is 0 Å². The molecule has 18 heavy (non-hydrogen) atoms. The molecule has 9 nitrogen and oxygen atoms in total. The van der Waals surface area contributed by atoms with Gasteiger partial charge in [0.25, 0.3) is 15.0 Å². The lowest BCUT2D eigenvalue weighted by Gasteiger charge is -2.19. The highest BCUT2D eigenvalue weighted by Crippen LogP contribution is 2.57. The molecule has 0 aromatic rings. The van der Waals surface area contributed by atoms with Gasteiger partial charge in [-0.2, -0.15) is 0 Å². The van der Waals surface area contributed by atoms with Crippen molar-refractivity contribution in [1.82, 2.24) is 0 Å². The number of rotatable bonds is 5. The molecular weight excluding hydrogens is 289 g/mol. The van der Waals surface area contributed by atoms with Crippen molar-refractivity contribution in [2.24, 2.45) is 0 Å². The summed E-state index contributed by atoms with van der Waals surface area (Å²) in [5, 5.41) is 18.9. The minimum Gasteiger partial charge on any atom is -0.388 e. The lowest BCUT2D eigenvalue weighted by atomic mass is 10.1. The van der Waals surface area contributed by atoms with Crippen molar-refractivity contribution in [3.8, 4) is 0 Å². The molecule has 1 fully saturated rings. The van der Waals surface area contributed by atoms with E-state index in [0.717, 1.165) is 7.57 Å². The highest BCUT2D eigenvalue weighted by atomic mass is 31.3. The van der Waals surface area contributed by atoms with E-state index in [2.05, 4.69) is 4.31 Å². The van der Waals surface area contributed by atoms with Gasteiger partial charge in [0.2, 0.25) is 0 Å². The summed E-state index contributed by atoms with van der Waals surface area (Å²) in [6.07, 6.45) is -3.89. The van der Waals surface area contributed by atoms with Gasteiger partial charge < -0.3 is 29.3 Å². The van der Waals surface area contributed by atoms with Crippen LogP contribution in [0.1, 0.15) is 6.92 Å². The molecule has 0 radical (unpaired) electrons. The van der Waals surface area contributed by atoms with E-state index in [4.69, 9.17) is 19.0 Å². The summed E-state index contributed by atoms with van der Waals surface area (Å²) < 4.78 is 35.8. The first-order valence-corrected chi connectivity index (χ1v) is 8.54. The molecule has 4 N–H and O–H groups in total. The number of aliphatic hydroxyl groups excluding tert-OH is 2. The smallest absolute Gasteiger partial charge is 0.388 e. The third-order valence-electron chi connectivity index (χ3n) is 2.33. The Kier molecular flexibility index (Phi) is 5.17. The van der Waals surface area contributed by atoms with Crippen LogP contribution in [0.4, 0.5) is 0 Å². The maximum atomic E-state index is 11.5. The normalized spacial score (nSPS) is 36.5. The largest absolute Gasteiger partial charge is 0.476 e. The molecule has 0 spiro atoms. The highest BCUT2D eigenvalue weighted by Gasteiger charge is 2.41. The van der Waals surface area contributed by atoms with Gasteiger partial charge in [0.15, 0.2) is 0 Å². The molecule has 12 heteroatoms. The van der Waals surface area contributed by atoms with Crippen LogP contribution in [0.3, 0.4) is 0 Å². The zero-order chi connectivity index (χ0) is 14.1. The van der Waals surface area contributed by atoms with Gasteiger partial charge in [-0.1, -0.05) is 0 Å². The van der Waals surface area contributed by atoms with E-state index in [-0.39, 0.29) is 0 Å². The fourth-order valence-corrected chi connectivity index (χ4v) is 3.65. The Morgan fingerprint density at radius 2 is 1.83 bits per heavy atom. The van der Waals surface area contributed by atoms with E-state index in [1.54, 1.807) is 0 Å². The molecule has 0 aliphatic carbocycles. The van der Waals surface area contributed by atoms with E-state index in [1.807, 2.05) is 0 Å². The van der Waals surface area contributed by atoms with Crippen LogP contribution < -0.4 is 0 Å². The minimum absolute atomic E-state index is 0.420. The number of aliphatic hydroxyl groups is 2. The highest BCUT2D eigenvalue weighted by molar-refractivity contribution is 7.83. The molecule has 0 aromatic carbocycles. The maximum absolute atomic E-state index is 11.5. The van der Waals surface area contributed by atoms with E-state index in [0.29, 0.717) is 0 Å². The molecule has 1 aliphatic heterocycles. The molecule has 1 saturated heterocycles. The van der Waals surface area contributed by atoms with Crippen LogP contribution in [0.2, 0.25) is 0 Å². The number of phosphoric acid groups is 1. The van der Waals surface area contributed by atoms with Crippen molar-refractivity contribution in [2.75, 3.05) is 6.61 Å². The van der Waals surface area contributed by atoms with Crippen LogP contribution in [0.5, 0.6) is 0 Å². The fourth-order valence-electron chi connectivity index (χ4n) is 1.50. The SMILES string of the molecule is BP(=O)(OC[C@H]1O[C@@H](C)[C@H](O)[C@@H]1O)OP(=O)(O)O. The Hall–Kier alpha value is 0.245. The maximum Gasteiger partial charge on any atom is 0.476 e. The molecular formula is C6H15BO9P2. The predicted octanol–water partition coefficient (Wildman–Crippen LogP) is -1.64. The van der Waals surface area contributed by atoms with Gasteiger partial charge >= 0.3 is 7.82 Å². The molecule has 1 rings (SSSR count). The number of ether oxygens (including phenoxy) is 1. The topological polar surface area (TPSA) is 143 Å². The first-order chi connectivity index (χ1) is 8.02. The second-order valence-electron chi connectivity index (χ2n) is 4.00. The van der Waals surface area contributed by atoms with Gasteiger partial charge in [-0.25, -0.2) is 8.88 Å². The van der Waals surface area contributed by atoms with Gasteiger partial charge in [-0.15, -0.1) is 0 Å². The van der Waals surface area contributed by atoms with E-state index < -0.39 is 46.3 Å². The Morgan fingerprint density at radius 1 is 1.28 bits per heavy atom. The van der Waals surface area contributed by atoms with E-state index in [1.165, 1.54) is 6.92 Å². The second-order valence-corrected chi connectivity index (χ2v) is 7.44. The summed E-state index contributed by atoms with van der Waals surface area (Å²) in [5.41, 5.74) is 0. The third kappa shape index (κ3) is 4.73. The van der Waals surface area contributed by atoms with Crippen LogP contribution in [-0.2, 0) is 22.7 Å². The Labute approximate surface area is 104 Å². The molecule has 0 amide bonds. The Balaban J connectivity index is 2.51. The van der Waals surface area contributed by atoms with Crippen molar-refractivity contribution >= 4 is 22.9 Å². The quantitative estimate of drug-likeness (QED) is 0.347. The van der Waals surface area contributed by atoms with Crippen molar-refractivity contribution in [2.45, 2.75) is 31.3 Å². The summed E-state index contributed by atoms with van der Waals surface area (Å²) in [7, 11) is -8.01. The van der Waals surface area contributed by atoms with Gasteiger partial charge in [0.1, 0.15) is 18.3 Å². The molecule has 0 bridgehead atoms. The monoisotopic (exact) mass is 304 g/mol. The van der Waals surface area contributed by atoms with Crippen molar-refractivity contribution in [3.63, 3.8) is 0 Å². The van der Waals surface area contributed by atoms with Crippen molar-refractivity contribution in [1.29, 1.82) is 0 Å². The average Bonchev–Trinajstić information content (AvgIpc) is 2.39. The summed E-state index contributed by atoms with van der Waals surface area (Å²) >= 11 is 0. The van der Waals surface area contributed by atoms with Crippen molar-refractivity contribution < 1.29 is 42.7 Å². The summed E-state index contributed by atoms with van der Waals surface area (Å²) in [6.45, 7) is 1.11. The van der Waals surface area contributed by atoms with Crippen molar-refractivity contribution in [3.05, 3.63) is 0 Å².